The van der Waals surface area contributed by atoms with E-state index in [0.717, 1.165) is 57.2 Å². The van der Waals surface area contributed by atoms with E-state index >= 15 is 0 Å². The summed E-state index contributed by atoms with van der Waals surface area (Å²) in [5.74, 6) is 0.819. The minimum atomic E-state index is -0.217. The van der Waals surface area contributed by atoms with Crippen LogP contribution in [-0.2, 0) is 16.9 Å². The molecule has 1 N–H and O–H groups in total. The van der Waals surface area contributed by atoms with Crippen LogP contribution in [-0.4, -0.2) is 51.9 Å². The molecule has 7 nitrogen and oxygen atoms in total. The van der Waals surface area contributed by atoms with Crippen LogP contribution in [0.3, 0.4) is 0 Å². The molecule has 8 heteroatoms. The van der Waals surface area contributed by atoms with Gasteiger partial charge in [0.05, 0.1) is 11.2 Å². The molecule has 1 saturated carbocycles. The predicted octanol–water partition coefficient (Wildman–Crippen LogP) is 1.74. The third-order valence-electron chi connectivity index (χ3n) is 5.09. The largest absolute Gasteiger partial charge is 0.345 e. The van der Waals surface area contributed by atoms with Gasteiger partial charge in [-0.2, -0.15) is 0 Å². The first-order valence-corrected chi connectivity index (χ1v) is 9.13. The van der Waals surface area contributed by atoms with Gasteiger partial charge >= 0.3 is 0 Å². The summed E-state index contributed by atoms with van der Waals surface area (Å²) in [6.07, 6.45) is 7.47. The highest BCUT2D eigenvalue weighted by atomic mass is 35.5. The molecule has 2 fully saturated rings. The Morgan fingerprint density at radius 1 is 1.11 bits per heavy atom. The first kappa shape index (κ1) is 19.5. The van der Waals surface area contributed by atoms with Crippen LogP contribution in [0.1, 0.15) is 31.0 Å². The lowest BCUT2D eigenvalue weighted by Crippen LogP contribution is -2.46. The van der Waals surface area contributed by atoms with Crippen molar-refractivity contribution in [3.05, 3.63) is 48.0 Å². The molecule has 4 rings (SSSR count). The Bertz CT molecular complexity index is 758. The zero-order chi connectivity index (χ0) is 18.0. The van der Waals surface area contributed by atoms with Gasteiger partial charge in [-0.3, -0.25) is 14.7 Å². The zero-order valence-electron chi connectivity index (χ0n) is 15.5. The van der Waals surface area contributed by atoms with Crippen LogP contribution in [0.4, 0.5) is 5.95 Å². The maximum atomic E-state index is 11.4. The van der Waals surface area contributed by atoms with Crippen LogP contribution in [0.15, 0.2) is 36.8 Å². The predicted molar refractivity (Wildman–Crippen MR) is 106 cm³/mol. The molecular weight excluding hydrogens is 364 g/mol. The number of hydrogen-bond donors (Lipinski definition) is 1. The van der Waals surface area contributed by atoms with Gasteiger partial charge in [-0.1, -0.05) is 6.07 Å². The first-order valence-electron chi connectivity index (χ1n) is 9.13. The summed E-state index contributed by atoms with van der Waals surface area (Å²) < 4.78 is 0. The van der Waals surface area contributed by atoms with E-state index in [-0.39, 0.29) is 23.9 Å². The zero-order valence-corrected chi connectivity index (χ0v) is 16.3. The average Bonchev–Trinajstić information content (AvgIpc) is 3.43. The summed E-state index contributed by atoms with van der Waals surface area (Å²) in [6.45, 7) is 6.28. The SMILES string of the molecule is CC(=O)NC1(c2ccc(CN3CCN(c4ncccn4)CC3)cn2)CC1.Cl. The van der Waals surface area contributed by atoms with Gasteiger partial charge < -0.3 is 10.2 Å². The highest BCUT2D eigenvalue weighted by molar-refractivity contribution is 5.85. The van der Waals surface area contributed by atoms with Crippen molar-refractivity contribution in [2.75, 3.05) is 31.1 Å². The van der Waals surface area contributed by atoms with Crippen molar-refractivity contribution in [2.24, 2.45) is 0 Å². The summed E-state index contributed by atoms with van der Waals surface area (Å²) in [5.41, 5.74) is 1.96. The van der Waals surface area contributed by atoms with Crippen LogP contribution in [0.5, 0.6) is 0 Å². The summed E-state index contributed by atoms with van der Waals surface area (Å²) in [6, 6.07) is 6.04. The molecule has 0 atom stereocenters. The molecule has 1 aliphatic carbocycles. The number of nitrogens with one attached hydrogen (secondary N) is 1. The van der Waals surface area contributed by atoms with Crippen molar-refractivity contribution < 1.29 is 4.79 Å². The number of amides is 1. The van der Waals surface area contributed by atoms with Gasteiger partial charge in [0.2, 0.25) is 11.9 Å². The summed E-state index contributed by atoms with van der Waals surface area (Å²) >= 11 is 0. The second kappa shape index (κ2) is 8.19. The number of carbonyl (C=O) groups excluding carboxylic acids is 1. The third-order valence-corrected chi connectivity index (χ3v) is 5.09. The van der Waals surface area contributed by atoms with Crippen LogP contribution < -0.4 is 10.2 Å². The van der Waals surface area contributed by atoms with Crippen molar-refractivity contribution in [1.82, 2.24) is 25.2 Å². The molecule has 0 spiro atoms. The number of piperazine rings is 1. The van der Waals surface area contributed by atoms with Crippen molar-refractivity contribution in [1.29, 1.82) is 0 Å². The van der Waals surface area contributed by atoms with Crippen LogP contribution in [0.25, 0.3) is 0 Å². The van der Waals surface area contributed by atoms with E-state index in [1.54, 1.807) is 19.3 Å². The number of pyridine rings is 1. The maximum Gasteiger partial charge on any atom is 0.225 e. The lowest BCUT2D eigenvalue weighted by atomic mass is 10.1. The minimum absolute atomic E-state index is 0. The highest BCUT2D eigenvalue weighted by Gasteiger charge is 2.46. The second-order valence-electron chi connectivity index (χ2n) is 7.13. The number of hydrogen-bond acceptors (Lipinski definition) is 6. The minimum Gasteiger partial charge on any atom is -0.345 e. The number of carbonyl (C=O) groups is 1. The summed E-state index contributed by atoms with van der Waals surface area (Å²) in [7, 11) is 0. The monoisotopic (exact) mass is 388 g/mol. The van der Waals surface area contributed by atoms with Gasteiger partial charge in [0, 0.05) is 58.2 Å². The van der Waals surface area contributed by atoms with E-state index in [2.05, 4.69) is 42.2 Å². The van der Waals surface area contributed by atoms with Crippen molar-refractivity contribution in [3.63, 3.8) is 0 Å². The Balaban J connectivity index is 0.00000210. The average molecular weight is 389 g/mol. The summed E-state index contributed by atoms with van der Waals surface area (Å²) in [5, 5.41) is 3.04. The third kappa shape index (κ3) is 4.54. The van der Waals surface area contributed by atoms with Gasteiger partial charge in [-0.15, -0.1) is 12.4 Å². The number of rotatable bonds is 5. The Morgan fingerprint density at radius 2 is 1.81 bits per heavy atom. The number of anilines is 1. The van der Waals surface area contributed by atoms with Crippen molar-refractivity contribution >= 4 is 24.3 Å². The molecule has 0 aromatic carbocycles. The standard InChI is InChI=1S/C19H24N6O.ClH/c1-15(26)23-19(5-6-19)17-4-3-16(13-22-17)14-24-9-11-25(12-10-24)18-20-7-2-8-21-18;/h2-4,7-8,13H,5-6,9-12,14H2,1H3,(H,23,26);1H. The Hall–Kier alpha value is -2.25. The van der Waals surface area contributed by atoms with E-state index in [4.69, 9.17) is 0 Å². The van der Waals surface area contributed by atoms with Gasteiger partial charge in [0.15, 0.2) is 0 Å². The lowest BCUT2D eigenvalue weighted by Gasteiger charge is -2.34. The molecule has 3 heterocycles. The normalized spacial score (nSPS) is 18.5. The van der Waals surface area contributed by atoms with E-state index in [0.29, 0.717) is 0 Å². The quantitative estimate of drug-likeness (QED) is 0.841. The molecular formula is C19H25ClN6O. The fourth-order valence-electron chi connectivity index (χ4n) is 3.53. The fourth-order valence-corrected chi connectivity index (χ4v) is 3.53. The van der Waals surface area contributed by atoms with Crippen LogP contribution >= 0.6 is 12.4 Å². The second-order valence-corrected chi connectivity index (χ2v) is 7.13. The fraction of sp³-hybridized carbons (Fsp3) is 0.474. The molecule has 2 aliphatic rings. The van der Waals surface area contributed by atoms with Crippen molar-refractivity contribution in [3.8, 4) is 0 Å². The smallest absolute Gasteiger partial charge is 0.225 e. The number of nitrogens with zero attached hydrogens (tertiary/aromatic N) is 5. The molecule has 2 aromatic heterocycles. The number of aromatic nitrogens is 3. The Morgan fingerprint density at radius 3 is 2.37 bits per heavy atom. The lowest BCUT2D eigenvalue weighted by molar-refractivity contribution is -0.120. The molecule has 0 radical (unpaired) electrons. The summed E-state index contributed by atoms with van der Waals surface area (Å²) in [4.78, 5) is 29.3. The number of halogens is 1. The Kier molecular flexibility index (Phi) is 5.92. The van der Waals surface area contributed by atoms with E-state index in [1.807, 2.05) is 12.3 Å². The van der Waals surface area contributed by atoms with E-state index in [1.165, 1.54) is 5.56 Å². The van der Waals surface area contributed by atoms with Gasteiger partial charge in [-0.05, 0) is 30.5 Å². The highest BCUT2D eigenvalue weighted by Crippen LogP contribution is 2.44. The Labute approximate surface area is 165 Å². The molecule has 2 aromatic rings. The van der Waals surface area contributed by atoms with Crippen LogP contribution in [0, 0.1) is 0 Å². The molecule has 0 bridgehead atoms. The van der Waals surface area contributed by atoms with Gasteiger partial charge in [0.25, 0.3) is 0 Å². The van der Waals surface area contributed by atoms with E-state index in [9.17, 15) is 4.79 Å². The molecule has 1 amide bonds. The topological polar surface area (TPSA) is 74.2 Å². The molecule has 27 heavy (non-hydrogen) atoms. The first-order chi connectivity index (χ1) is 12.6. The molecule has 144 valence electrons. The molecule has 1 saturated heterocycles. The molecule has 1 aliphatic heterocycles. The van der Waals surface area contributed by atoms with Gasteiger partial charge in [-0.25, -0.2) is 9.97 Å². The van der Waals surface area contributed by atoms with Gasteiger partial charge in [0.1, 0.15) is 0 Å². The van der Waals surface area contributed by atoms with Crippen LogP contribution in [0.2, 0.25) is 0 Å². The molecule has 0 unspecified atom stereocenters. The van der Waals surface area contributed by atoms with E-state index < -0.39 is 0 Å². The maximum absolute atomic E-state index is 11.4. The van der Waals surface area contributed by atoms with Crippen molar-refractivity contribution in [2.45, 2.75) is 31.8 Å².